The van der Waals surface area contributed by atoms with Gasteiger partial charge in [-0.2, -0.15) is 0 Å². The Morgan fingerprint density at radius 3 is 2.71 bits per heavy atom. The molecule has 1 N–H and O–H groups in total. The molecule has 2 aromatic rings. The van der Waals surface area contributed by atoms with Crippen molar-refractivity contribution in [2.75, 3.05) is 18.0 Å². The molecule has 0 unspecified atom stereocenters. The van der Waals surface area contributed by atoms with Crippen molar-refractivity contribution in [3.63, 3.8) is 0 Å². The number of nitrogens with one attached hydrogen (secondary N) is 1. The van der Waals surface area contributed by atoms with Crippen LogP contribution in [0.25, 0.3) is 4.85 Å². The van der Waals surface area contributed by atoms with Gasteiger partial charge in [-0.15, -0.1) is 4.98 Å². The first-order chi connectivity index (χ1) is 14.7. The average molecular weight is 484 g/mol. The number of alkyl carbamates (subject to hydrolysis) is 1. The maximum absolute atomic E-state index is 12.7. The van der Waals surface area contributed by atoms with E-state index in [9.17, 15) is 4.79 Å². The number of fused-ring (bicyclic) bond motifs is 1. The molecule has 1 aliphatic heterocycles. The maximum Gasteiger partial charge on any atom is 0.408 e. The van der Waals surface area contributed by atoms with Crippen LogP contribution in [0.5, 0.6) is 0 Å². The van der Waals surface area contributed by atoms with E-state index < -0.39 is 5.60 Å². The van der Waals surface area contributed by atoms with Crippen molar-refractivity contribution in [1.82, 2.24) is 15.3 Å². The molecule has 8 heteroatoms. The van der Waals surface area contributed by atoms with Gasteiger partial charge in [-0.1, -0.05) is 30.8 Å². The van der Waals surface area contributed by atoms with Gasteiger partial charge in [-0.25, -0.2) is 9.78 Å². The van der Waals surface area contributed by atoms with E-state index in [1.165, 1.54) is 11.1 Å². The Morgan fingerprint density at radius 1 is 1.32 bits per heavy atom. The van der Waals surface area contributed by atoms with Crippen LogP contribution in [-0.4, -0.2) is 34.8 Å². The lowest BCUT2D eigenvalue weighted by atomic mass is 9.72. The van der Waals surface area contributed by atoms with Crippen LogP contribution in [0.4, 0.5) is 16.4 Å². The second-order valence-electron chi connectivity index (χ2n) is 9.26. The van der Waals surface area contributed by atoms with E-state index in [4.69, 9.17) is 11.3 Å². The molecular formula is C23H26BrN5O2. The monoisotopic (exact) mass is 483 g/mol. The summed E-state index contributed by atoms with van der Waals surface area (Å²) in [4.78, 5) is 27.0. The summed E-state index contributed by atoms with van der Waals surface area (Å²) < 4.78 is 6.12. The highest BCUT2D eigenvalue weighted by atomic mass is 79.9. The molecule has 1 aromatic heterocycles. The SMILES string of the molecule is [C-]#[N+]c1nc(Br)cnc1N1CCC2(CC1)Cc1ccccc1[C@H]2NC(=O)OC(C)(C)C. The number of carbonyl (C=O) groups is 1. The van der Waals surface area contributed by atoms with Crippen molar-refractivity contribution < 1.29 is 9.53 Å². The molecule has 31 heavy (non-hydrogen) atoms. The summed E-state index contributed by atoms with van der Waals surface area (Å²) in [7, 11) is 0. The quantitative estimate of drug-likeness (QED) is 0.594. The second-order valence-corrected chi connectivity index (χ2v) is 10.1. The predicted molar refractivity (Wildman–Crippen MR) is 122 cm³/mol. The summed E-state index contributed by atoms with van der Waals surface area (Å²) in [5.41, 5.74) is 1.82. The smallest absolute Gasteiger partial charge is 0.408 e. The number of carbonyl (C=O) groups excluding carboxylic acids is 1. The number of anilines is 1. The lowest BCUT2D eigenvalue weighted by Gasteiger charge is -2.44. The van der Waals surface area contributed by atoms with Crippen LogP contribution in [0.2, 0.25) is 0 Å². The molecule has 4 rings (SSSR count). The van der Waals surface area contributed by atoms with Gasteiger partial charge >= 0.3 is 11.9 Å². The van der Waals surface area contributed by atoms with E-state index >= 15 is 0 Å². The molecule has 1 aromatic carbocycles. The molecular weight excluding hydrogens is 458 g/mol. The van der Waals surface area contributed by atoms with Gasteiger partial charge in [0.1, 0.15) is 5.60 Å². The number of hydrogen-bond acceptors (Lipinski definition) is 5. The fourth-order valence-corrected chi connectivity index (χ4v) is 4.99. The number of ether oxygens (including phenoxy) is 1. The van der Waals surface area contributed by atoms with Crippen LogP contribution < -0.4 is 10.2 Å². The molecule has 1 aliphatic carbocycles. The standard InChI is InChI=1S/C23H26BrN5O2/c1-22(2,3)31-21(30)28-18-16-8-6-5-7-15(16)13-23(18)9-11-29(12-10-23)20-19(25-4)27-17(24)14-26-20/h5-8,14,18H,9-13H2,1-3H3,(H,28,30)/t18-/m1/s1. The maximum atomic E-state index is 12.7. The van der Waals surface area contributed by atoms with Crippen molar-refractivity contribution in [3.8, 4) is 0 Å². The highest BCUT2D eigenvalue weighted by Gasteiger charge is 2.48. The zero-order valence-corrected chi connectivity index (χ0v) is 19.6. The number of hydrogen-bond donors (Lipinski definition) is 1. The van der Waals surface area contributed by atoms with Gasteiger partial charge in [-0.3, -0.25) is 0 Å². The van der Waals surface area contributed by atoms with Gasteiger partial charge in [-0.05, 0) is 51.2 Å². The molecule has 7 nitrogen and oxygen atoms in total. The van der Waals surface area contributed by atoms with Gasteiger partial charge < -0.3 is 19.8 Å². The van der Waals surface area contributed by atoms with E-state index in [1.54, 1.807) is 6.20 Å². The Kier molecular flexibility index (Phi) is 5.65. The fraction of sp³-hybridized carbons (Fsp3) is 0.478. The molecule has 162 valence electrons. The van der Waals surface area contributed by atoms with Gasteiger partial charge in [0.15, 0.2) is 5.82 Å². The van der Waals surface area contributed by atoms with Crippen molar-refractivity contribution in [2.24, 2.45) is 5.41 Å². The second kappa shape index (κ2) is 8.12. The number of benzene rings is 1. The molecule has 0 radical (unpaired) electrons. The molecule has 1 atom stereocenters. The lowest BCUT2D eigenvalue weighted by Crippen LogP contribution is -2.48. The Hall–Kier alpha value is -2.66. The lowest BCUT2D eigenvalue weighted by molar-refractivity contribution is 0.0428. The van der Waals surface area contributed by atoms with Gasteiger partial charge in [0.05, 0.1) is 12.2 Å². The molecule has 1 fully saturated rings. The molecule has 0 bridgehead atoms. The van der Waals surface area contributed by atoms with Crippen LogP contribution >= 0.6 is 15.9 Å². The van der Waals surface area contributed by atoms with Crippen LogP contribution in [0, 0.1) is 12.0 Å². The number of halogens is 1. The number of rotatable bonds is 2. The van der Waals surface area contributed by atoms with E-state index in [1.807, 2.05) is 26.8 Å². The minimum Gasteiger partial charge on any atom is -0.444 e. The normalized spacial score (nSPS) is 19.6. The van der Waals surface area contributed by atoms with Crippen molar-refractivity contribution in [2.45, 2.75) is 51.7 Å². The first-order valence-corrected chi connectivity index (χ1v) is 11.2. The Balaban J connectivity index is 1.57. The summed E-state index contributed by atoms with van der Waals surface area (Å²) >= 11 is 3.29. The topological polar surface area (TPSA) is 71.7 Å². The van der Waals surface area contributed by atoms with E-state index in [-0.39, 0.29) is 17.6 Å². The Labute approximate surface area is 191 Å². The number of amides is 1. The third-order valence-corrected chi connectivity index (χ3v) is 6.43. The molecule has 1 saturated heterocycles. The van der Waals surface area contributed by atoms with Crippen molar-refractivity contribution >= 4 is 33.7 Å². The Bertz CT molecular complexity index is 1030. The van der Waals surface area contributed by atoms with Crippen LogP contribution in [0.1, 0.15) is 50.8 Å². The summed E-state index contributed by atoms with van der Waals surface area (Å²) in [5, 5.41) is 3.17. The molecule has 2 heterocycles. The number of nitrogens with zero attached hydrogens (tertiary/aromatic N) is 4. The zero-order valence-electron chi connectivity index (χ0n) is 18.0. The molecule has 0 saturated carbocycles. The average Bonchev–Trinajstić information content (AvgIpc) is 3.00. The third-order valence-electron chi connectivity index (χ3n) is 6.05. The predicted octanol–water partition coefficient (Wildman–Crippen LogP) is 5.20. The summed E-state index contributed by atoms with van der Waals surface area (Å²) in [6, 6.07) is 8.23. The number of aromatic nitrogens is 2. The van der Waals surface area contributed by atoms with E-state index in [0.29, 0.717) is 16.2 Å². The summed E-state index contributed by atoms with van der Waals surface area (Å²) in [6.45, 7) is 14.6. The summed E-state index contributed by atoms with van der Waals surface area (Å²) in [5.74, 6) is 0.934. The third kappa shape index (κ3) is 4.38. The van der Waals surface area contributed by atoms with Crippen LogP contribution in [0.15, 0.2) is 35.1 Å². The minimum atomic E-state index is -0.546. The van der Waals surface area contributed by atoms with E-state index in [0.717, 1.165) is 32.4 Å². The first-order valence-electron chi connectivity index (χ1n) is 10.4. The molecule has 1 spiro atoms. The highest BCUT2D eigenvalue weighted by molar-refractivity contribution is 9.10. The van der Waals surface area contributed by atoms with Crippen LogP contribution in [0.3, 0.4) is 0 Å². The number of piperidine rings is 1. The van der Waals surface area contributed by atoms with E-state index in [2.05, 4.69) is 59.2 Å². The van der Waals surface area contributed by atoms with Crippen molar-refractivity contribution in [1.29, 1.82) is 0 Å². The van der Waals surface area contributed by atoms with Gasteiger partial charge in [0.25, 0.3) is 0 Å². The summed E-state index contributed by atoms with van der Waals surface area (Å²) in [6.07, 6.45) is 3.91. The Morgan fingerprint density at radius 2 is 2.03 bits per heavy atom. The zero-order chi connectivity index (χ0) is 22.2. The minimum absolute atomic E-state index is 0.0852. The fourth-order valence-electron chi connectivity index (χ4n) is 4.72. The van der Waals surface area contributed by atoms with Crippen LogP contribution in [-0.2, 0) is 11.2 Å². The van der Waals surface area contributed by atoms with Crippen molar-refractivity contribution in [3.05, 3.63) is 57.6 Å². The highest BCUT2D eigenvalue weighted by Crippen LogP contribution is 2.52. The molecule has 2 aliphatic rings. The van der Waals surface area contributed by atoms with Gasteiger partial charge in [0.2, 0.25) is 4.60 Å². The molecule has 1 amide bonds. The van der Waals surface area contributed by atoms with Gasteiger partial charge in [0, 0.05) is 34.4 Å². The first kappa shape index (κ1) is 21.6. The largest absolute Gasteiger partial charge is 0.444 e.